The van der Waals surface area contributed by atoms with Crippen LogP contribution in [-0.2, 0) is 9.59 Å². The van der Waals surface area contributed by atoms with Crippen LogP contribution in [0.5, 0.6) is 0 Å². The molecule has 22 heavy (non-hydrogen) atoms. The third-order valence-corrected chi connectivity index (χ3v) is 6.40. The minimum Gasteiger partial charge on any atom is -0.273 e. The smallest absolute Gasteiger partial charge is 0.244 e. The van der Waals surface area contributed by atoms with Crippen molar-refractivity contribution in [2.24, 2.45) is 29.1 Å². The molecule has 4 fully saturated rings. The van der Waals surface area contributed by atoms with E-state index < -0.39 is 0 Å². The Labute approximate surface area is 132 Å². The predicted molar refractivity (Wildman–Crippen MR) is 83.4 cm³/mol. The van der Waals surface area contributed by atoms with Gasteiger partial charge in [0.05, 0.1) is 5.41 Å². The van der Waals surface area contributed by atoms with Crippen molar-refractivity contribution in [2.75, 3.05) is 0 Å². The number of hydrazine groups is 1. The molecule has 0 aromatic carbocycles. The van der Waals surface area contributed by atoms with Gasteiger partial charge in [0.25, 0.3) is 0 Å². The molecule has 1 atom stereocenters. The van der Waals surface area contributed by atoms with E-state index in [-0.39, 0.29) is 17.2 Å². The van der Waals surface area contributed by atoms with Crippen molar-refractivity contribution in [1.82, 2.24) is 10.9 Å². The van der Waals surface area contributed by atoms with Gasteiger partial charge in [0.15, 0.2) is 0 Å². The molecule has 120 valence electrons. The molecule has 0 radical (unpaired) electrons. The minimum absolute atomic E-state index is 0.0605. The Morgan fingerprint density at radius 1 is 1.00 bits per heavy atom. The molecule has 2 amide bonds. The lowest BCUT2D eigenvalue weighted by Gasteiger charge is -2.55. The normalized spacial score (nSPS) is 41.6. The van der Waals surface area contributed by atoms with Gasteiger partial charge >= 0.3 is 0 Å². The van der Waals surface area contributed by atoms with E-state index in [0.29, 0.717) is 12.3 Å². The molecular weight excluding hydrogens is 276 g/mol. The van der Waals surface area contributed by atoms with E-state index in [4.69, 9.17) is 0 Å². The van der Waals surface area contributed by atoms with Gasteiger partial charge in [-0.3, -0.25) is 20.4 Å². The highest BCUT2D eigenvalue weighted by molar-refractivity contribution is 5.86. The summed E-state index contributed by atoms with van der Waals surface area (Å²) in [5.74, 6) is 2.59. The van der Waals surface area contributed by atoms with E-state index in [1.54, 1.807) is 0 Å². The summed E-state index contributed by atoms with van der Waals surface area (Å²) in [5, 5.41) is 0. The van der Waals surface area contributed by atoms with Crippen LogP contribution in [0, 0.1) is 29.1 Å². The third kappa shape index (κ3) is 2.57. The second kappa shape index (κ2) is 5.39. The fourth-order valence-electron chi connectivity index (χ4n) is 5.80. The van der Waals surface area contributed by atoms with Crippen LogP contribution in [0.25, 0.3) is 0 Å². The van der Waals surface area contributed by atoms with Gasteiger partial charge in [-0.05, 0) is 75.0 Å². The highest BCUT2D eigenvalue weighted by Crippen LogP contribution is 2.59. The summed E-state index contributed by atoms with van der Waals surface area (Å²) in [4.78, 5) is 24.7. The van der Waals surface area contributed by atoms with Gasteiger partial charge in [-0.2, -0.15) is 0 Å². The standard InChI is InChI=1S/C18H26N2O2/c21-16(8-12-3-1-2-4-12)19-20-17(22)18-9-13-5-14(10-18)7-15(6-13)11-18/h1,3,12-15H,2,4-11H2,(H,19,21)(H,20,22)/t12-,13?,14?,15?,18?/m0/s1. The summed E-state index contributed by atoms with van der Waals surface area (Å²) < 4.78 is 0. The van der Waals surface area contributed by atoms with Gasteiger partial charge < -0.3 is 0 Å². The molecule has 4 heteroatoms. The van der Waals surface area contributed by atoms with E-state index in [0.717, 1.165) is 49.9 Å². The zero-order valence-electron chi connectivity index (χ0n) is 13.1. The molecule has 5 aliphatic rings. The Balaban J connectivity index is 1.32. The summed E-state index contributed by atoms with van der Waals surface area (Å²) >= 11 is 0. The van der Waals surface area contributed by atoms with E-state index in [2.05, 4.69) is 23.0 Å². The summed E-state index contributed by atoms with van der Waals surface area (Å²) in [6.45, 7) is 0. The number of hydrogen-bond acceptors (Lipinski definition) is 2. The van der Waals surface area contributed by atoms with Crippen molar-refractivity contribution in [2.45, 2.75) is 57.8 Å². The monoisotopic (exact) mass is 302 g/mol. The first-order valence-electron chi connectivity index (χ1n) is 8.89. The number of hydrogen-bond donors (Lipinski definition) is 2. The largest absolute Gasteiger partial charge is 0.273 e. The van der Waals surface area contributed by atoms with Crippen molar-refractivity contribution in [1.29, 1.82) is 0 Å². The predicted octanol–water partition coefficient (Wildman–Crippen LogP) is 2.71. The number of carbonyl (C=O) groups excluding carboxylic acids is 2. The van der Waals surface area contributed by atoms with Crippen molar-refractivity contribution >= 4 is 11.8 Å². The molecule has 4 bridgehead atoms. The van der Waals surface area contributed by atoms with Crippen molar-refractivity contribution < 1.29 is 9.59 Å². The SMILES string of the molecule is O=C(C[C@H]1C=CCC1)NNC(=O)C12CC3CC(CC(C3)C1)C2. The highest BCUT2D eigenvalue weighted by atomic mass is 16.2. The molecule has 4 saturated carbocycles. The summed E-state index contributed by atoms with van der Waals surface area (Å²) in [6.07, 6.45) is 13.9. The molecule has 5 rings (SSSR count). The van der Waals surface area contributed by atoms with Gasteiger partial charge in [0, 0.05) is 6.42 Å². The highest BCUT2D eigenvalue weighted by Gasteiger charge is 2.54. The number of nitrogens with one attached hydrogen (secondary N) is 2. The van der Waals surface area contributed by atoms with E-state index in [1.807, 2.05) is 0 Å². The van der Waals surface area contributed by atoms with Crippen molar-refractivity contribution in [3.63, 3.8) is 0 Å². The molecule has 0 heterocycles. The second-order valence-corrected chi connectivity index (χ2v) is 8.17. The first kappa shape index (κ1) is 14.3. The molecule has 0 unspecified atom stereocenters. The maximum atomic E-state index is 12.7. The van der Waals surface area contributed by atoms with Gasteiger partial charge in [-0.25, -0.2) is 0 Å². The summed E-state index contributed by atoms with van der Waals surface area (Å²) in [7, 11) is 0. The Kier molecular flexibility index (Phi) is 3.50. The molecule has 0 spiro atoms. The zero-order valence-corrected chi connectivity index (χ0v) is 13.1. The molecular formula is C18H26N2O2. The van der Waals surface area contributed by atoms with E-state index >= 15 is 0 Å². The van der Waals surface area contributed by atoms with Crippen LogP contribution < -0.4 is 10.9 Å². The Morgan fingerprint density at radius 2 is 1.64 bits per heavy atom. The molecule has 0 aliphatic heterocycles. The fourth-order valence-corrected chi connectivity index (χ4v) is 5.80. The summed E-state index contributed by atoms with van der Waals surface area (Å²) in [5.41, 5.74) is 5.23. The van der Waals surface area contributed by atoms with Crippen LogP contribution in [0.1, 0.15) is 57.8 Å². The number of allylic oxidation sites excluding steroid dienone is 2. The van der Waals surface area contributed by atoms with Crippen LogP contribution >= 0.6 is 0 Å². The lowest BCUT2D eigenvalue weighted by atomic mass is 9.49. The Hall–Kier alpha value is -1.32. The molecule has 0 saturated heterocycles. The van der Waals surface area contributed by atoms with Crippen LogP contribution in [-0.4, -0.2) is 11.8 Å². The van der Waals surface area contributed by atoms with E-state index in [1.165, 1.54) is 19.3 Å². The molecule has 0 aromatic rings. The maximum absolute atomic E-state index is 12.7. The number of amides is 2. The van der Waals surface area contributed by atoms with Crippen LogP contribution in [0.2, 0.25) is 0 Å². The zero-order chi connectivity index (χ0) is 15.2. The molecule has 2 N–H and O–H groups in total. The van der Waals surface area contributed by atoms with Gasteiger partial charge in [0.1, 0.15) is 0 Å². The fraction of sp³-hybridized carbons (Fsp3) is 0.778. The number of rotatable bonds is 3. The Bertz CT molecular complexity index is 476. The lowest BCUT2D eigenvalue weighted by Crippen LogP contribution is -2.56. The minimum atomic E-state index is -0.185. The van der Waals surface area contributed by atoms with Gasteiger partial charge in [0.2, 0.25) is 11.8 Å². The first-order valence-corrected chi connectivity index (χ1v) is 8.89. The Morgan fingerprint density at radius 3 is 2.18 bits per heavy atom. The van der Waals surface area contributed by atoms with Crippen LogP contribution in [0.15, 0.2) is 12.2 Å². The molecule has 4 nitrogen and oxygen atoms in total. The second-order valence-electron chi connectivity index (χ2n) is 8.17. The molecule has 0 aromatic heterocycles. The van der Waals surface area contributed by atoms with Crippen LogP contribution in [0.3, 0.4) is 0 Å². The van der Waals surface area contributed by atoms with Gasteiger partial charge in [-0.15, -0.1) is 0 Å². The first-order chi connectivity index (χ1) is 10.6. The van der Waals surface area contributed by atoms with Gasteiger partial charge in [-0.1, -0.05) is 12.2 Å². The van der Waals surface area contributed by atoms with Crippen molar-refractivity contribution in [3.8, 4) is 0 Å². The topological polar surface area (TPSA) is 58.2 Å². The lowest BCUT2D eigenvalue weighted by molar-refractivity contribution is -0.149. The van der Waals surface area contributed by atoms with Crippen molar-refractivity contribution in [3.05, 3.63) is 12.2 Å². The average Bonchev–Trinajstić information content (AvgIpc) is 2.96. The number of carbonyl (C=O) groups is 2. The molecule has 5 aliphatic carbocycles. The third-order valence-electron chi connectivity index (χ3n) is 6.40. The quantitative estimate of drug-likeness (QED) is 0.622. The van der Waals surface area contributed by atoms with Crippen LogP contribution in [0.4, 0.5) is 0 Å². The van der Waals surface area contributed by atoms with E-state index in [9.17, 15) is 9.59 Å². The summed E-state index contributed by atoms with van der Waals surface area (Å²) in [6, 6.07) is 0. The maximum Gasteiger partial charge on any atom is 0.244 e. The average molecular weight is 302 g/mol.